The Morgan fingerprint density at radius 1 is 1.00 bits per heavy atom. The van der Waals surface area contributed by atoms with Crippen molar-refractivity contribution >= 4 is 39.6 Å². The highest BCUT2D eigenvalue weighted by Crippen LogP contribution is 2.29. The number of hydrogen-bond acceptors (Lipinski definition) is 4. The average Bonchev–Trinajstić information content (AvgIpc) is 3.36. The van der Waals surface area contributed by atoms with E-state index in [1.807, 2.05) is 71.4 Å². The number of para-hydroxylation sites is 1. The maximum atomic E-state index is 11.7. The van der Waals surface area contributed by atoms with E-state index in [9.17, 15) is 4.79 Å². The molecule has 0 bridgehead atoms. The van der Waals surface area contributed by atoms with Crippen LogP contribution in [-0.2, 0) is 11.3 Å². The number of fused-ring (bicyclic) bond motifs is 2. The second-order valence-corrected chi connectivity index (χ2v) is 7.08. The molecule has 2 N–H and O–H groups in total. The number of anilines is 2. The average molecular weight is 396 g/mol. The van der Waals surface area contributed by atoms with Crippen LogP contribution in [0.1, 0.15) is 0 Å². The van der Waals surface area contributed by atoms with Gasteiger partial charge in [0, 0.05) is 29.8 Å². The predicted molar refractivity (Wildman–Crippen MR) is 119 cm³/mol. The number of likely N-dealkylation sites (N-methyl/N-ethyl adjacent to an activating group) is 1. The molecule has 0 aliphatic heterocycles. The van der Waals surface area contributed by atoms with E-state index >= 15 is 0 Å². The van der Waals surface area contributed by atoms with Crippen molar-refractivity contribution in [3.05, 3.63) is 79.0 Å². The second-order valence-electron chi connectivity index (χ2n) is 7.08. The summed E-state index contributed by atoms with van der Waals surface area (Å²) < 4.78 is 7.77. The number of nitrogens with one attached hydrogen (secondary N) is 2. The van der Waals surface area contributed by atoms with Crippen LogP contribution in [0.15, 0.2) is 83.4 Å². The third kappa shape index (κ3) is 3.39. The molecule has 2 aromatic heterocycles. The molecule has 6 heteroatoms. The number of carbonyl (C=O) groups is 1. The van der Waals surface area contributed by atoms with Crippen molar-refractivity contribution in [2.75, 3.05) is 12.4 Å². The number of aromatic nitrogens is 2. The summed E-state index contributed by atoms with van der Waals surface area (Å²) in [5.41, 5.74) is 5.62. The molecule has 5 rings (SSSR count). The first-order chi connectivity index (χ1) is 14.7. The summed E-state index contributed by atoms with van der Waals surface area (Å²) in [5.74, 6) is -0.0204. The van der Waals surface area contributed by atoms with Crippen molar-refractivity contribution in [2.24, 2.45) is 0 Å². The van der Waals surface area contributed by atoms with Gasteiger partial charge in [-0.1, -0.05) is 30.3 Å². The van der Waals surface area contributed by atoms with Gasteiger partial charge in [-0.05, 0) is 53.6 Å². The summed E-state index contributed by atoms with van der Waals surface area (Å²) in [4.78, 5) is 16.3. The van der Waals surface area contributed by atoms with Crippen LogP contribution in [0, 0.1) is 0 Å². The normalized spacial score (nSPS) is 11.1. The Morgan fingerprint density at radius 2 is 1.80 bits per heavy atom. The first-order valence-corrected chi connectivity index (χ1v) is 9.72. The number of oxazole rings is 1. The van der Waals surface area contributed by atoms with Gasteiger partial charge in [-0.25, -0.2) is 0 Å². The van der Waals surface area contributed by atoms with Crippen LogP contribution in [0.2, 0.25) is 0 Å². The van der Waals surface area contributed by atoms with E-state index in [-0.39, 0.29) is 5.91 Å². The van der Waals surface area contributed by atoms with Gasteiger partial charge >= 0.3 is 0 Å². The minimum Gasteiger partial charge on any atom is -0.423 e. The molecule has 148 valence electrons. The first-order valence-electron chi connectivity index (χ1n) is 9.72. The summed E-state index contributed by atoms with van der Waals surface area (Å²) in [5, 5.41) is 6.93. The van der Waals surface area contributed by atoms with E-state index in [4.69, 9.17) is 4.42 Å². The zero-order valence-corrected chi connectivity index (χ0v) is 16.4. The Hall–Kier alpha value is -4.06. The maximum absolute atomic E-state index is 11.7. The lowest BCUT2D eigenvalue weighted by atomic mass is 10.0. The van der Waals surface area contributed by atoms with Crippen molar-refractivity contribution < 1.29 is 9.21 Å². The van der Waals surface area contributed by atoms with Crippen molar-refractivity contribution in [3.63, 3.8) is 0 Å². The van der Waals surface area contributed by atoms with Crippen LogP contribution < -0.4 is 10.6 Å². The van der Waals surface area contributed by atoms with Crippen molar-refractivity contribution in [1.82, 2.24) is 14.9 Å². The van der Waals surface area contributed by atoms with Gasteiger partial charge in [0.25, 0.3) is 6.01 Å². The molecular formula is C24H20N4O2. The Bertz CT molecular complexity index is 1350. The summed E-state index contributed by atoms with van der Waals surface area (Å²) in [6, 6.07) is 24.5. The Kier molecular flexibility index (Phi) is 4.44. The third-order valence-electron chi connectivity index (χ3n) is 5.11. The number of amides is 1. The van der Waals surface area contributed by atoms with Crippen LogP contribution >= 0.6 is 0 Å². The van der Waals surface area contributed by atoms with Crippen LogP contribution in [0.5, 0.6) is 0 Å². The lowest BCUT2D eigenvalue weighted by molar-refractivity contribution is -0.121. The van der Waals surface area contributed by atoms with E-state index in [0.717, 1.165) is 38.8 Å². The van der Waals surface area contributed by atoms with Crippen molar-refractivity contribution in [3.8, 4) is 11.1 Å². The molecule has 5 aromatic rings. The molecule has 0 aliphatic rings. The lowest BCUT2D eigenvalue weighted by Gasteiger charge is -2.06. The number of nitrogens with zero attached hydrogens (tertiary/aromatic N) is 2. The Labute approximate surface area is 173 Å². The minimum atomic E-state index is -0.0204. The molecule has 30 heavy (non-hydrogen) atoms. The van der Waals surface area contributed by atoms with E-state index in [1.54, 1.807) is 7.05 Å². The molecule has 0 saturated carbocycles. The highest BCUT2D eigenvalue weighted by atomic mass is 16.4. The largest absolute Gasteiger partial charge is 0.423 e. The number of hydrogen-bond donors (Lipinski definition) is 2. The summed E-state index contributed by atoms with van der Waals surface area (Å²) in [6.07, 6.45) is 1.94. The number of rotatable bonds is 5. The zero-order valence-electron chi connectivity index (χ0n) is 16.4. The molecule has 0 spiro atoms. The molecule has 0 unspecified atom stereocenters. The van der Waals surface area contributed by atoms with Crippen LogP contribution in [0.25, 0.3) is 33.1 Å². The molecule has 3 aromatic carbocycles. The quantitative estimate of drug-likeness (QED) is 0.441. The molecular weight excluding hydrogens is 376 g/mol. The predicted octanol–water partition coefficient (Wildman–Crippen LogP) is 4.94. The van der Waals surface area contributed by atoms with Crippen molar-refractivity contribution in [1.29, 1.82) is 0 Å². The zero-order chi connectivity index (χ0) is 20.5. The fourth-order valence-corrected chi connectivity index (χ4v) is 3.56. The third-order valence-corrected chi connectivity index (χ3v) is 5.11. The van der Waals surface area contributed by atoms with Gasteiger partial charge in [-0.2, -0.15) is 4.98 Å². The lowest BCUT2D eigenvalue weighted by Crippen LogP contribution is -2.22. The van der Waals surface area contributed by atoms with Crippen LogP contribution in [-0.4, -0.2) is 22.5 Å². The summed E-state index contributed by atoms with van der Waals surface area (Å²) in [6.45, 7) is 0.307. The second kappa shape index (κ2) is 7.40. The molecule has 0 saturated heterocycles. The fourth-order valence-electron chi connectivity index (χ4n) is 3.56. The van der Waals surface area contributed by atoms with E-state index in [2.05, 4.69) is 27.8 Å². The van der Waals surface area contributed by atoms with Crippen LogP contribution in [0.4, 0.5) is 11.7 Å². The molecule has 2 heterocycles. The molecule has 6 nitrogen and oxygen atoms in total. The van der Waals surface area contributed by atoms with Gasteiger partial charge in [0.15, 0.2) is 5.58 Å². The number of benzene rings is 3. The summed E-state index contributed by atoms with van der Waals surface area (Å²) in [7, 11) is 1.65. The molecule has 0 fully saturated rings. The monoisotopic (exact) mass is 396 g/mol. The van der Waals surface area contributed by atoms with Crippen molar-refractivity contribution in [2.45, 2.75) is 6.54 Å². The standard InChI is InChI=1S/C24H20N4O2/c1-25-23(29)15-28-12-11-18-13-16(7-9-21(18)28)17-8-10-22-20(14-17)27-24(30-22)26-19-5-3-2-4-6-19/h2-14H,15H2,1H3,(H,25,29)(H,26,27). The summed E-state index contributed by atoms with van der Waals surface area (Å²) >= 11 is 0. The van der Waals surface area contributed by atoms with Crippen LogP contribution in [0.3, 0.4) is 0 Å². The Morgan fingerprint density at radius 3 is 2.63 bits per heavy atom. The van der Waals surface area contributed by atoms with Gasteiger partial charge < -0.3 is 19.6 Å². The fraction of sp³-hybridized carbons (Fsp3) is 0.0833. The number of carbonyl (C=O) groups excluding carboxylic acids is 1. The molecule has 1 amide bonds. The van der Waals surface area contributed by atoms with E-state index in [0.29, 0.717) is 12.6 Å². The Balaban J connectivity index is 1.45. The highest BCUT2D eigenvalue weighted by molar-refractivity contribution is 5.89. The van der Waals surface area contributed by atoms with Gasteiger partial charge in [0.1, 0.15) is 12.1 Å². The van der Waals surface area contributed by atoms with Gasteiger partial charge in [-0.15, -0.1) is 0 Å². The van der Waals surface area contributed by atoms with Gasteiger partial charge in [-0.3, -0.25) is 4.79 Å². The topological polar surface area (TPSA) is 72.1 Å². The van der Waals surface area contributed by atoms with E-state index < -0.39 is 0 Å². The highest BCUT2D eigenvalue weighted by Gasteiger charge is 2.10. The minimum absolute atomic E-state index is 0.0204. The van der Waals surface area contributed by atoms with Gasteiger partial charge in [0.05, 0.1) is 0 Å². The molecule has 0 radical (unpaired) electrons. The molecule has 0 atom stereocenters. The maximum Gasteiger partial charge on any atom is 0.300 e. The SMILES string of the molecule is CNC(=O)Cn1ccc2cc(-c3ccc4oc(Nc5ccccc5)nc4c3)ccc21. The first kappa shape index (κ1) is 18.0. The van der Waals surface area contributed by atoms with Gasteiger partial charge in [0.2, 0.25) is 5.91 Å². The molecule has 0 aliphatic carbocycles. The smallest absolute Gasteiger partial charge is 0.300 e. The van der Waals surface area contributed by atoms with E-state index in [1.165, 1.54) is 0 Å².